The molecule has 0 aromatic carbocycles. The van der Waals surface area contributed by atoms with Crippen LogP contribution in [0.5, 0.6) is 0 Å². The van der Waals surface area contributed by atoms with Gasteiger partial charge in [0.05, 0.1) is 5.92 Å². The molecule has 3 nitrogen and oxygen atoms in total. The summed E-state index contributed by atoms with van der Waals surface area (Å²) >= 11 is 0. The van der Waals surface area contributed by atoms with Crippen molar-refractivity contribution in [3.63, 3.8) is 0 Å². The fourth-order valence-corrected chi connectivity index (χ4v) is 4.93. The molecule has 0 spiro atoms. The number of hydrogen-bond acceptors (Lipinski definition) is 2. The largest absolute Gasteiger partial charge is 0.339 e. The summed E-state index contributed by atoms with van der Waals surface area (Å²) in [7, 11) is 0. The third-order valence-electron chi connectivity index (χ3n) is 6.16. The highest BCUT2D eigenvalue weighted by atomic mass is 16.2. The summed E-state index contributed by atoms with van der Waals surface area (Å²) in [5.41, 5.74) is 6.32. The first kappa shape index (κ1) is 15.3. The van der Waals surface area contributed by atoms with Crippen LogP contribution < -0.4 is 5.73 Å². The number of hydrogen-bond donors (Lipinski definition) is 1. The third-order valence-corrected chi connectivity index (χ3v) is 6.16. The van der Waals surface area contributed by atoms with Crippen molar-refractivity contribution in [1.29, 1.82) is 0 Å². The summed E-state index contributed by atoms with van der Waals surface area (Å²) in [5, 5.41) is 0. The molecular formula is C18H32N2O. The first-order chi connectivity index (χ1) is 10.3. The Morgan fingerprint density at radius 1 is 0.810 bits per heavy atom. The van der Waals surface area contributed by atoms with E-state index in [1.54, 1.807) is 0 Å². The Kier molecular flexibility index (Phi) is 5.20. The minimum absolute atomic E-state index is 0.104. The van der Waals surface area contributed by atoms with Gasteiger partial charge in [0.2, 0.25) is 5.91 Å². The van der Waals surface area contributed by atoms with Crippen molar-refractivity contribution in [2.24, 2.45) is 17.6 Å². The Morgan fingerprint density at radius 3 is 2.24 bits per heavy atom. The SMILES string of the molecule is NC1CCCCCC1C(=O)N1CCCC1C1CCCCC1. The summed E-state index contributed by atoms with van der Waals surface area (Å²) < 4.78 is 0. The second-order valence-corrected chi connectivity index (χ2v) is 7.55. The van der Waals surface area contributed by atoms with Gasteiger partial charge < -0.3 is 10.6 Å². The smallest absolute Gasteiger partial charge is 0.227 e. The monoisotopic (exact) mass is 292 g/mol. The van der Waals surface area contributed by atoms with Gasteiger partial charge in [0.1, 0.15) is 0 Å². The lowest BCUT2D eigenvalue weighted by atomic mass is 9.82. The van der Waals surface area contributed by atoms with Crippen LogP contribution in [0.3, 0.4) is 0 Å². The Bertz CT molecular complexity index is 351. The number of amides is 1. The molecule has 1 heterocycles. The van der Waals surface area contributed by atoms with E-state index in [9.17, 15) is 4.79 Å². The predicted octanol–water partition coefficient (Wildman–Crippen LogP) is 3.47. The first-order valence-corrected chi connectivity index (χ1v) is 9.33. The molecule has 1 saturated heterocycles. The number of carbonyl (C=O) groups is 1. The van der Waals surface area contributed by atoms with Crippen LogP contribution in [-0.4, -0.2) is 29.4 Å². The van der Waals surface area contributed by atoms with E-state index in [2.05, 4.69) is 4.90 Å². The highest BCUT2D eigenvalue weighted by Gasteiger charge is 2.39. The molecular weight excluding hydrogens is 260 g/mol. The maximum atomic E-state index is 13.1. The molecule has 3 rings (SSSR count). The number of likely N-dealkylation sites (tertiary alicyclic amines) is 1. The van der Waals surface area contributed by atoms with E-state index in [1.807, 2.05) is 0 Å². The van der Waals surface area contributed by atoms with Crippen LogP contribution >= 0.6 is 0 Å². The van der Waals surface area contributed by atoms with Crippen molar-refractivity contribution in [2.75, 3.05) is 6.54 Å². The van der Waals surface area contributed by atoms with Gasteiger partial charge in [-0.3, -0.25) is 4.79 Å². The molecule has 2 saturated carbocycles. The average Bonchev–Trinajstić information content (AvgIpc) is 2.91. The van der Waals surface area contributed by atoms with Crippen molar-refractivity contribution >= 4 is 5.91 Å². The first-order valence-electron chi connectivity index (χ1n) is 9.33. The molecule has 3 fully saturated rings. The second-order valence-electron chi connectivity index (χ2n) is 7.55. The maximum Gasteiger partial charge on any atom is 0.227 e. The molecule has 0 bridgehead atoms. The lowest BCUT2D eigenvalue weighted by molar-refractivity contribution is -0.138. The number of carbonyl (C=O) groups excluding carboxylic acids is 1. The van der Waals surface area contributed by atoms with E-state index < -0.39 is 0 Å². The van der Waals surface area contributed by atoms with Crippen molar-refractivity contribution < 1.29 is 4.79 Å². The van der Waals surface area contributed by atoms with Gasteiger partial charge in [-0.25, -0.2) is 0 Å². The van der Waals surface area contributed by atoms with Crippen molar-refractivity contribution in [3.8, 4) is 0 Å². The van der Waals surface area contributed by atoms with Crippen molar-refractivity contribution in [1.82, 2.24) is 4.90 Å². The minimum atomic E-state index is 0.104. The molecule has 0 aromatic heterocycles. The Morgan fingerprint density at radius 2 is 1.48 bits per heavy atom. The predicted molar refractivity (Wildman–Crippen MR) is 85.9 cm³/mol. The standard InChI is InChI=1S/C18H32N2O/c19-16-11-6-2-5-10-15(16)18(21)20-13-7-12-17(20)14-8-3-1-4-9-14/h14-17H,1-13,19H2. The van der Waals surface area contributed by atoms with Crippen LogP contribution in [0.1, 0.15) is 77.0 Å². The third kappa shape index (κ3) is 3.44. The zero-order chi connectivity index (χ0) is 14.7. The van der Waals surface area contributed by atoms with E-state index in [1.165, 1.54) is 64.2 Å². The lowest BCUT2D eigenvalue weighted by Crippen LogP contribution is -2.48. The van der Waals surface area contributed by atoms with E-state index in [0.29, 0.717) is 11.9 Å². The summed E-state index contributed by atoms with van der Waals surface area (Å²) in [5.74, 6) is 1.28. The van der Waals surface area contributed by atoms with E-state index in [4.69, 9.17) is 5.73 Å². The molecule has 0 radical (unpaired) electrons. The van der Waals surface area contributed by atoms with Crippen molar-refractivity contribution in [2.45, 2.75) is 89.1 Å². The van der Waals surface area contributed by atoms with Gasteiger partial charge in [0, 0.05) is 18.6 Å². The number of rotatable bonds is 2. The maximum absolute atomic E-state index is 13.1. The molecule has 3 unspecified atom stereocenters. The Balaban J connectivity index is 1.66. The Hall–Kier alpha value is -0.570. The van der Waals surface area contributed by atoms with Gasteiger partial charge >= 0.3 is 0 Å². The molecule has 1 amide bonds. The highest BCUT2D eigenvalue weighted by Crippen LogP contribution is 2.36. The van der Waals surface area contributed by atoms with E-state index >= 15 is 0 Å². The molecule has 1 aliphatic heterocycles. The summed E-state index contributed by atoms with van der Waals surface area (Å²) in [4.78, 5) is 15.3. The topological polar surface area (TPSA) is 46.3 Å². The molecule has 3 aliphatic rings. The molecule has 0 aromatic rings. The zero-order valence-electron chi connectivity index (χ0n) is 13.4. The number of nitrogens with zero attached hydrogens (tertiary/aromatic N) is 1. The van der Waals surface area contributed by atoms with E-state index in [0.717, 1.165) is 25.3 Å². The second kappa shape index (κ2) is 7.13. The van der Waals surface area contributed by atoms with Gasteiger partial charge in [0.15, 0.2) is 0 Å². The van der Waals surface area contributed by atoms with E-state index in [-0.39, 0.29) is 12.0 Å². The molecule has 21 heavy (non-hydrogen) atoms. The summed E-state index contributed by atoms with van der Waals surface area (Å²) in [6.07, 6.45) is 14.9. The molecule has 2 aliphatic carbocycles. The minimum Gasteiger partial charge on any atom is -0.339 e. The van der Waals surface area contributed by atoms with Crippen LogP contribution in [0.25, 0.3) is 0 Å². The number of nitrogens with two attached hydrogens (primary N) is 1. The van der Waals surface area contributed by atoms with Crippen molar-refractivity contribution in [3.05, 3.63) is 0 Å². The fraction of sp³-hybridized carbons (Fsp3) is 0.944. The van der Waals surface area contributed by atoms with Gasteiger partial charge in [-0.15, -0.1) is 0 Å². The van der Waals surface area contributed by atoms with Crippen LogP contribution in [-0.2, 0) is 4.79 Å². The van der Waals surface area contributed by atoms with Gasteiger partial charge in [-0.1, -0.05) is 38.5 Å². The summed E-state index contributed by atoms with van der Waals surface area (Å²) in [6.45, 7) is 0.989. The quantitative estimate of drug-likeness (QED) is 0.792. The Labute approximate surface area is 129 Å². The van der Waals surface area contributed by atoms with Crippen LogP contribution in [0, 0.1) is 11.8 Å². The zero-order valence-corrected chi connectivity index (χ0v) is 13.4. The van der Waals surface area contributed by atoms with Crippen LogP contribution in [0.4, 0.5) is 0 Å². The lowest BCUT2D eigenvalue weighted by Gasteiger charge is -2.36. The van der Waals surface area contributed by atoms with Gasteiger partial charge in [0.25, 0.3) is 0 Å². The molecule has 3 atom stereocenters. The average molecular weight is 292 g/mol. The van der Waals surface area contributed by atoms with Crippen LogP contribution in [0.2, 0.25) is 0 Å². The summed E-state index contributed by atoms with van der Waals surface area (Å²) in [6, 6.07) is 0.640. The molecule has 120 valence electrons. The van der Waals surface area contributed by atoms with Gasteiger partial charge in [-0.2, -0.15) is 0 Å². The molecule has 2 N–H and O–H groups in total. The van der Waals surface area contributed by atoms with Gasteiger partial charge in [-0.05, 0) is 44.4 Å². The van der Waals surface area contributed by atoms with Crippen LogP contribution in [0.15, 0.2) is 0 Å². The fourth-order valence-electron chi connectivity index (χ4n) is 4.93. The highest BCUT2D eigenvalue weighted by molar-refractivity contribution is 5.80. The molecule has 3 heteroatoms. The normalized spacial score (nSPS) is 35.7.